The molecule has 1 aliphatic rings. The maximum atomic E-state index is 12.3. The number of allylic oxidation sites excluding steroid dienone is 1. The van der Waals surface area contributed by atoms with Crippen LogP contribution in [0.1, 0.15) is 21.9 Å². The Balaban J connectivity index is 1.38. The van der Waals surface area contributed by atoms with Gasteiger partial charge in [-0.3, -0.25) is 4.79 Å². The number of rotatable bonds is 6. The van der Waals surface area contributed by atoms with Gasteiger partial charge in [0.15, 0.2) is 17.3 Å². The summed E-state index contributed by atoms with van der Waals surface area (Å²) >= 11 is 3.44. The van der Waals surface area contributed by atoms with Crippen LogP contribution in [0.25, 0.3) is 6.08 Å². The van der Waals surface area contributed by atoms with Crippen molar-refractivity contribution in [1.82, 2.24) is 0 Å². The zero-order valence-electron chi connectivity index (χ0n) is 14.2. The minimum atomic E-state index is -0.143. The Labute approximate surface area is 164 Å². The van der Waals surface area contributed by atoms with Gasteiger partial charge in [0.1, 0.15) is 23.9 Å². The number of hydrogen-bond donors (Lipinski definition) is 0. The van der Waals surface area contributed by atoms with Crippen LogP contribution in [-0.4, -0.2) is 12.6 Å². The molecule has 0 saturated carbocycles. The van der Waals surface area contributed by atoms with Crippen molar-refractivity contribution in [2.45, 2.75) is 6.61 Å². The largest absolute Gasteiger partial charge is 0.484 e. The number of ether oxygens (including phenoxy) is 3. The molecule has 0 amide bonds. The molecule has 3 aromatic rings. The van der Waals surface area contributed by atoms with Crippen LogP contribution in [0.3, 0.4) is 0 Å². The smallest absolute Gasteiger partial charge is 0.231 e. The monoisotopic (exact) mass is 426 g/mol. The van der Waals surface area contributed by atoms with Gasteiger partial charge in [0.25, 0.3) is 0 Å². The average molecular weight is 427 g/mol. The van der Waals surface area contributed by atoms with Crippen molar-refractivity contribution in [3.05, 3.63) is 82.2 Å². The summed E-state index contributed by atoms with van der Waals surface area (Å²) in [4.78, 5) is 12.3. The lowest BCUT2D eigenvalue weighted by Gasteiger charge is -2.05. The fraction of sp³-hybridized carbons (Fsp3) is 0.0952. The maximum Gasteiger partial charge on any atom is 0.231 e. The lowest BCUT2D eigenvalue weighted by Crippen LogP contribution is -1.94. The number of benzene rings is 2. The summed E-state index contributed by atoms with van der Waals surface area (Å²) < 4.78 is 22.8. The van der Waals surface area contributed by atoms with E-state index in [-0.39, 0.29) is 12.6 Å². The van der Waals surface area contributed by atoms with Gasteiger partial charge in [-0.15, -0.1) is 0 Å². The summed E-state index contributed by atoms with van der Waals surface area (Å²) in [5.41, 5.74) is 0.527. The predicted molar refractivity (Wildman–Crippen MR) is 103 cm³/mol. The van der Waals surface area contributed by atoms with Gasteiger partial charge < -0.3 is 18.6 Å². The van der Waals surface area contributed by atoms with E-state index in [9.17, 15) is 4.79 Å². The number of hydrogen-bond acceptors (Lipinski definition) is 5. The number of furan rings is 1. The second-order valence-corrected chi connectivity index (χ2v) is 6.64. The fourth-order valence-corrected chi connectivity index (χ4v) is 2.98. The molecule has 0 spiro atoms. The SMILES string of the molecule is O=C(/C=C/c1ccc(COc2ccccc2Br)o1)c1ccc2c(c1)OCO2. The Morgan fingerprint density at radius 1 is 1.07 bits per heavy atom. The molecule has 0 aliphatic carbocycles. The summed E-state index contributed by atoms with van der Waals surface area (Å²) in [5, 5.41) is 0. The summed E-state index contributed by atoms with van der Waals surface area (Å²) in [6.07, 6.45) is 3.10. The standard InChI is InChI=1S/C21H15BrO5/c22-17-3-1-2-4-19(17)24-12-16-7-6-15(27-16)8-9-18(23)14-5-10-20-21(11-14)26-13-25-20/h1-11H,12-13H2/b9-8+. The number of ketones is 1. The Kier molecular flexibility index (Phi) is 4.98. The number of para-hydroxylation sites is 1. The molecule has 0 unspecified atom stereocenters. The zero-order valence-corrected chi connectivity index (χ0v) is 15.8. The number of fused-ring (bicyclic) bond motifs is 1. The van der Waals surface area contributed by atoms with Crippen molar-refractivity contribution < 1.29 is 23.4 Å². The molecule has 2 heterocycles. The topological polar surface area (TPSA) is 57.9 Å². The first-order valence-corrected chi connectivity index (χ1v) is 9.06. The third kappa shape index (κ3) is 4.06. The van der Waals surface area contributed by atoms with Crippen molar-refractivity contribution in [2.75, 3.05) is 6.79 Å². The van der Waals surface area contributed by atoms with E-state index in [1.807, 2.05) is 30.3 Å². The second kappa shape index (κ2) is 7.72. The van der Waals surface area contributed by atoms with Crippen molar-refractivity contribution in [1.29, 1.82) is 0 Å². The van der Waals surface area contributed by atoms with Gasteiger partial charge in [-0.25, -0.2) is 0 Å². The van der Waals surface area contributed by atoms with Crippen molar-refractivity contribution >= 4 is 27.8 Å². The van der Waals surface area contributed by atoms with Gasteiger partial charge >= 0.3 is 0 Å². The first kappa shape index (κ1) is 17.4. The van der Waals surface area contributed by atoms with Crippen molar-refractivity contribution in [2.24, 2.45) is 0 Å². The third-order valence-electron chi connectivity index (χ3n) is 3.95. The van der Waals surface area contributed by atoms with Gasteiger partial charge in [0.2, 0.25) is 6.79 Å². The van der Waals surface area contributed by atoms with Crippen LogP contribution in [0.4, 0.5) is 0 Å². The highest BCUT2D eigenvalue weighted by molar-refractivity contribution is 9.10. The lowest BCUT2D eigenvalue weighted by molar-refractivity contribution is 0.104. The van der Waals surface area contributed by atoms with Crippen LogP contribution in [-0.2, 0) is 6.61 Å². The van der Waals surface area contributed by atoms with E-state index in [2.05, 4.69) is 15.9 Å². The highest BCUT2D eigenvalue weighted by Gasteiger charge is 2.15. The summed E-state index contributed by atoms with van der Waals surface area (Å²) in [6.45, 7) is 0.478. The summed E-state index contributed by atoms with van der Waals surface area (Å²) in [7, 11) is 0. The van der Waals surface area contributed by atoms with E-state index in [4.69, 9.17) is 18.6 Å². The van der Waals surface area contributed by atoms with Crippen LogP contribution < -0.4 is 14.2 Å². The normalized spacial score (nSPS) is 12.5. The molecule has 0 saturated heterocycles. The number of carbonyl (C=O) groups is 1. The van der Waals surface area contributed by atoms with Crippen LogP contribution in [0.2, 0.25) is 0 Å². The molecule has 1 aromatic heterocycles. The molecular formula is C21H15BrO5. The van der Waals surface area contributed by atoms with Crippen molar-refractivity contribution in [3.63, 3.8) is 0 Å². The number of halogens is 1. The van der Waals surface area contributed by atoms with Gasteiger partial charge in [-0.1, -0.05) is 12.1 Å². The first-order valence-electron chi connectivity index (χ1n) is 8.27. The van der Waals surface area contributed by atoms with Gasteiger partial charge in [-0.05, 0) is 70.5 Å². The molecule has 0 atom stereocenters. The minimum Gasteiger partial charge on any atom is -0.484 e. The maximum absolute atomic E-state index is 12.3. The molecule has 0 bridgehead atoms. The fourth-order valence-electron chi connectivity index (χ4n) is 2.58. The van der Waals surface area contributed by atoms with E-state index in [1.54, 1.807) is 30.3 Å². The summed E-state index contributed by atoms with van der Waals surface area (Å²) in [6, 6.07) is 16.3. The quantitative estimate of drug-likeness (QED) is 0.398. The highest BCUT2D eigenvalue weighted by Crippen LogP contribution is 2.32. The third-order valence-corrected chi connectivity index (χ3v) is 4.60. The second-order valence-electron chi connectivity index (χ2n) is 5.79. The van der Waals surface area contributed by atoms with Crippen LogP contribution in [0.15, 0.2) is 69.6 Å². The van der Waals surface area contributed by atoms with Crippen LogP contribution in [0, 0.1) is 0 Å². The van der Waals surface area contributed by atoms with E-state index in [0.717, 1.165) is 10.2 Å². The first-order chi connectivity index (χ1) is 13.2. The molecular weight excluding hydrogens is 412 g/mol. The Morgan fingerprint density at radius 3 is 2.81 bits per heavy atom. The molecule has 0 radical (unpaired) electrons. The van der Waals surface area contributed by atoms with E-state index < -0.39 is 0 Å². The molecule has 0 fully saturated rings. The molecule has 2 aromatic carbocycles. The highest BCUT2D eigenvalue weighted by atomic mass is 79.9. The van der Waals surface area contributed by atoms with E-state index in [1.165, 1.54) is 6.08 Å². The molecule has 0 N–H and O–H groups in total. The van der Waals surface area contributed by atoms with Gasteiger partial charge in [0.05, 0.1) is 4.47 Å². The van der Waals surface area contributed by atoms with E-state index >= 15 is 0 Å². The molecule has 27 heavy (non-hydrogen) atoms. The lowest BCUT2D eigenvalue weighted by atomic mass is 10.1. The van der Waals surface area contributed by atoms with Gasteiger partial charge in [0, 0.05) is 5.56 Å². The van der Waals surface area contributed by atoms with Crippen molar-refractivity contribution in [3.8, 4) is 17.2 Å². The Hall–Kier alpha value is -2.99. The summed E-state index contributed by atoms with van der Waals surface area (Å²) in [5.74, 6) is 3.07. The minimum absolute atomic E-state index is 0.143. The molecule has 4 rings (SSSR count). The molecule has 6 heteroatoms. The Morgan fingerprint density at radius 2 is 1.93 bits per heavy atom. The number of carbonyl (C=O) groups excluding carboxylic acids is 1. The molecule has 136 valence electrons. The van der Waals surface area contributed by atoms with Crippen LogP contribution >= 0.6 is 15.9 Å². The zero-order chi connectivity index (χ0) is 18.6. The molecule has 5 nitrogen and oxygen atoms in total. The average Bonchev–Trinajstić information content (AvgIpc) is 3.34. The Bertz CT molecular complexity index is 1010. The van der Waals surface area contributed by atoms with Crippen LogP contribution in [0.5, 0.6) is 17.2 Å². The van der Waals surface area contributed by atoms with E-state index in [0.29, 0.717) is 35.2 Å². The predicted octanol–water partition coefficient (Wildman–Crippen LogP) is 5.25. The van der Waals surface area contributed by atoms with Gasteiger partial charge in [-0.2, -0.15) is 0 Å². The molecule has 1 aliphatic heterocycles.